The highest BCUT2D eigenvalue weighted by Crippen LogP contribution is 2.17. The van der Waals surface area contributed by atoms with Gasteiger partial charge in [0.15, 0.2) is 0 Å². The predicted molar refractivity (Wildman–Crippen MR) is 75.1 cm³/mol. The number of aliphatic imine (C=N–C) groups is 1. The van der Waals surface area contributed by atoms with Crippen molar-refractivity contribution in [2.45, 2.75) is 20.4 Å². The van der Waals surface area contributed by atoms with Crippen LogP contribution in [0.1, 0.15) is 18.1 Å². The number of hydrogen-bond donors (Lipinski definition) is 0. The number of rotatable bonds is 4. The summed E-state index contributed by atoms with van der Waals surface area (Å²) < 4.78 is 40.3. The number of amidine groups is 1. The SMILES string of the molecule is C=C/C(F)=C\N(Cc1cc(F)c(C)c(F)c1)C(C)=NC. The molecule has 108 valence electrons. The molecule has 0 aliphatic heterocycles. The molecule has 0 fully saturated rings. The summed E-state index contributed by atoms with van der Waals surface area (Å²) in [5.41, 5.74) is 0.357. The van der Waals surface area contributed by atoms with E-state index in [1.165, 1.54) is 30.2 Å². The number of hydrogen-bond acceptors (Lipinski definition) is 1. The molecule has 0 aliphatic rings. The fraction of sp³-hybridized carbons (Fsp3) is 0.267. The van der Waals surface area contributed by atoms with E-state index in [0.29, 0.717) is 11.4 Å². The zero-order valence-electron chi connectivity index (χ0n) is 11.8. The van der Waals surface area contributed by atoms with Crippen molar-refractivity contribution in [3.63, 3.8) is 0 Å². The van der Waals surface area contributed by atoms with Gasteiger partial charge in [-0.15, -0.1) is 0 Å². The molecule has 1 rings (SSSR count). The van der Waals surface area contributed by atoms with Gasteiger partial charge in [-0.1, -0.05) is 6.58 Å². The molecule has 0 amide bonds. The molecule has 0 heterocycles. The lowest BCUT2D eigenvalue weighted by Crippen LogP contribution is -2.23. The van der Waals surface area contributed by atoms with Gasteiger partial charge in [0, 0.05) is 25.4 Å². The first-order chi connectivity index (χ1) is 9.38. The Labute approximate surface area is 116 Å². The third-order valence-electron chi connectivity index (χ3n) is 2.91. The van der Waals surface area contributed by atoms with E-state index < -0.39 is 17.5 Å². The van der Waals surface area contributed by atoms with Gasteiger partial charge in [-0.25, -0.2) is 13.2 Å². The van der Waals surface area contributed by atoms with Gasteiger partial charge >= 0.3 is 0 Å². The first kappa shape index (κ1) is 16.0. The molecule has 5 heteroatoms. The molecule has 0 atom stereocenters. The van der Waals surface area contributed by atoms with Crippen LogP contribution in [0.2, 0.25) is 0 Å². The maximum atomic E-state index is 13.5. The van der Waals surface area contributed by atoms with Gasteiger partial charge in [-0.3, -0.25) is 4.99 Å². The van der Waals surface area contributed by atoms with Crippen LogP contribution in [0.25, 0.3) is 0 Å². The minimum Gasteiger partial charge on any atom is -0.330 e. The lowest BCUT2D eigenvalue weighted by Gasteiger charge is -2.20. The maximum absolute atomic E-state index is 13.5. The van der Waals surface area contributed by atoms with Gasteiger partial charge < -0.3 is 4.90 Å². The molecule has 0 bridgehead atoms. The molecule has 0 unspecified atom stereocenters. The third kappa shape index (κ3) is 3.98. The van der Waals surface area contributed by atoms with Gasteiger partial charge in [0.1, 0.15) is 17.5 Å². The third-order valence-corrected chi connectivity index (χ3v) is 2.91. The summed E-state index contributed by atoms with van der Waals surface area (Å²) in [4.78, 5) is 5.40. The Balaban J connectivity index is 3.10. The molecule has 1 aromatic rings. The lowest BCUT2D eigenvalue weighted by molar-refractivity contribution is 0.509. The molecular weight excluding hydrogens is 265 g/mol. The quantitative estimate of drug-likeness (QED) is 0.461. The topological polar surface area (TPSA) is 15.6 Å². The zero-order valence-corrected chi connectivity index (χ0v) is 11.8. The highest BCUT2D eigenvalue weighted by Gasteiger charge is 2.11. The number of allylic oxidation sites excluding steroid dienone is 2. The smallest absolute Gasteiger partial charge is 0.138 e. The van der Waals surface area contributed by atoms with E-state index in [4.69, 9.17) is 0 Å². The Morgan fingerprint density at radius 3 is 2.35 bits per heavy atom. The molecule has 0 N–H and O–H groups in total. The standard InChI is InChI=1S/C15H17F3N2/c1-5-13(16)9-20(11(3)19-4)8-12-6-14(17)10(2)15(18)7-12/h5-7,9H,1,8H2,2-4H3/b13-9+,19-11?. The second-order valence-corrected chi connectivity index (χ2v) is 4.30. The zero-order chi connectivity index (χ0) is 15.3. The van der Waals surface area contributed by atoms with E-state index in [9.17, 15) is 13.2 Å². The Hall–Kier alpha value is -2.04. The van der Waals surface area contributed by atoms with Gasteiger partial charge in [-0.2, -0.15) is 0 Å². The maximum Gasteiger partial charge on any atom is 0.138 e. The first-order valence-corrected chi connectivity index (χ1v) is 6.03. The van der Waals surface area contributed by atoms with E-state index in [1.54, 1.807) is 14.0 Å². The minimum atomic E-state index is -0.626. The minimum absolute atomic E-state index is 0.0333. The molecule has 0 aliphatic carbocycles. The van der Waals surface area contributed by atoms with E-state index >= 15 is 0 Å². The van der Waals surface area contributed by atoms with E-state index in [1.807, 2.05) is 0 Å². The Morgan fingerprint density at radius 1 is 1.35 bits per heavy atom. The molecule has 2 nitrogen and oxygen atoms in total. The lowest BCUT2D eigenvalue weighted by atomic mass is 10.1. The normalized spacial score (nSPS) is 12.5. The number of halogens is 3. The van der Waals surface area contributed by atoms with Crippen molar-refractivity contribution in [3.05, 3.63) is 59.6 Å². The van der Waals surface area contributed by atoms with Crippen LogP contribution in [0.4, 0.5) is 13.2 Å². The van der Waals surface area contributed by atoms with Crippen molar-refractivity contribution in [1.82, 2.24) is 4.90 Å². The molecular formula is C15H17F3N2. The first-order valence-electron chi connectivity index (χ1n) is 6.03. The summed E-state index contributed by atoms with van der Waals surface area (Å²) in [6.07, 6.45) is 2.23. The van der Waals surface area contributed by atoms with Crippen molar-refractivity contribution in [2.24, 2.45) is 4.99 Å². The highest BCUT2D eigenvalue weighted by molar-refractivity contribution is 5.80. The Morgan fingerprint density at radius 2 is 1.90 bits per heavy atom. The molecule has 20 heavy (non-hydrogen) atoms. The molecule has 0 spiro atoms. The van der Waals surface area contributed by atoms with E-state index in [-0.39, 0.29) is 12.1 Å². The van der Waals surface area contributed by atoms with Crippen LogP contribution in [-0.2, 0) is 6.54 Å². The highest BCUT2D eigenvalue weighted by atomic mass is 19.1. The molecule has 1 aromatic carbocycles. The number of benzene rings is 1. The summed E-state index contributed by atoms with van der Waals surface area (Å²) in [6.45, 7) is 6.46. The predicted octanol–water partition coefficient (Wildman–Crippen LogP) is 4.12. The van der Waals surface area contributed by atoms with Crippen LogP contribution < -0.4 is 0 Å². The van der Waals surface area contributed by atoms with E-state index in [2.05, 4.69) is 11.6 Å². The van der Waals surface area contributed by atoms with Gasteiger partial charge in [0.2, 0.25) is 0 Å². The molecule has 0 saturated carbocycles. The second kappa shape index (κ2) is 6.93. The summed E-state index contributed by atoms with van der Waals surface area (Å²) in [5.74, 6) is -1.29. The number of nitrogens with zero attached hydrogens (tertiary/aromatic N) is 2. The molecule has 0 saturated heterocycles. The van der Waals surface area contributed by atoms with Gasteiger partial charge in [0.25, 0.3) is 0 Å². The van der Waals surface area contributed by atoms with Crippen LogP contribution in [0.15, 0.2) is 41.8 Å². The Kier molecular flexibility index (Phi) is 5.55. The largest absolute Gasteiger partial charge is 0.330 e. The van der Waals surface area contributed by atoms with Crippen LogP contribution in [0.3, 0.4) is 0 Å². The van der Waals surface area contributed by atoms with Crippen LogP contribution in [0.5, 0.6) is 0 Å². The van der Waals surface area contributed by atoms with Crippen LogP contribution in [0, 0.1) is 18.6 Å². The monoisotopic (exact) mass is 282 g/mol. The van der Waals surface area contributed by atoms with Crippen LogP contribution >= 0.6 is 0 Å². The average molecular weight is 282 g/mol. The second-order valence-electron chi connectivity index (χ2n) is 4.30. The molecule has 0 aromatic heterocycles. The molecule has 0 radical (unpaired) electrons. The van der Waals surface area contributed by atoms with Crippen molar-refractivity contribution in [3.8, 4) is 0 Å². The average Bonchev–Trinajstić information content (AvgIpc) is 2.42. The Bertz CT molecular complexity index is 539. The van der Waals surface area contributed by atoms with Gasteiger partial charge in [-0.05, 0) is 37.6 Å². The van der Waals surface area contributed by atoms with E-state index in [0.717, 1.165) is 6.08 Å². The summed E-state index contributed by atoms with van der Waals surface area (Å²) in [6, 6.07) is 2.46. The van der Waals surface area contributed by atoms with Gasteiger partial charge in [0.05, 0.1) is 5.84 Å². The van der Waals surface area contributed by atoms with Crippen LogP contribution in [-0.4, -0.2) is 17.8 Å². The van der Waals surface area contributed by atoms with Crippen molar-refractivity contribution < 1.29 is 13.2 Å². The fourth-order valence-corrected chi connectivity index (χ4v) is 1.57. The summed E-state index contributed by atoms with van der Waals surface area (Å²) >= 11 is 0. The summed E-state index contributed by atoms with van der Waals surface area (Å²) in [7, 11) is 1.55. The fourth-order valence-electron chi connectivity index (χ4n) is 1.57. The van der Waals surface area contributed by atoms with Crippen molar-refractivity contribution in [2.75, 3.05) is 7.05 Å². The van der Waals surface area contributed by atoms with Crippen molar-refractivity contribution >= 4 is 5.84 Å². The summed E-state index contributed by atoms with van der Waals surface area (Å²) in [5, 5.41) is 0. The van der Waals surface area contributed by atoms with Crippen molar-refractivity contribution in [1.29, 1.82) is 0 Å².